The molecule has 0 aromatic carbocycles. The van der Waals surface area contributed by atoms with Crippen LogP contribution in [0.4, 0.5) is 0 Å². The quantitative estimate of drug-likeness (QED) is 0.907. The van der Waals surface area contributed by atoms with Crippen molar-refractivity contribution >= 4 is 11.8 Å². The maximum absolute atomic E-state index is 12.4. The van der Waals surface area contributed by atoms with E-state index in [0.29, 0.717) is 13.0 Å². The second-order valence-electron chi connectivity index (χ2n) is 6.42. The summed E-state index contributed by atoms with van der Waals surface area (Å²) in [7, 11) is 0. The molecular formula is C16H24N4O2. The number of nitrogens with zero attached hydrogens (tertiary/aromatic N) is 3. The summed E-state index contributed by atoms with van der Waals surface area (Å²) in [6, 6.07) is -0.255. The van der Waals surface area contributed by atoms with Gasteiger partial charge in [0.25, 0.3) is 0 Å². The van der Waals surface area contributed by atoms with Crippen molar-refractivity contribution in [2.75, 3.05) is 6.54 Å². The van der Waals surface area contributed by atoms with Gasteiger partial charge in [0.1, 0.15) is 11.9 Å². The predicted molar refractivity (Wildman–Crippen MR) is 82.2 cm³/mol. The molecule has 1 saturated heterocycles. The number of aromatic nitrogens is 2. The molecule has 0 bridgehead atoms. The van der Waals surface area contributed by atoms with Crippen LogP contribution < -0.4 is 5.32 Å². The van der Waals surface area contributed by atoms with Crippen LogP contribution in [0.3, 0.4) is 0 Å². The SMILES string of the molecule is Cc1cn2c(n1)CC[C@H](NC(=O)[C@@H](C)N1CCCCC1=O)C2. The molecule has 1 aromatic heterocycles. The van der Waals surface area contributed by atoms with Gasteiger partial charge in [-0.25, -0.2) is 4.98 Å². The zero-order valence-electron chi connectivity index (χ0n) is 13.3. The predicted octanol–water partition coefficient (Wildman–Crippen LogP) is 1.02. The van der Waals surface area contributed by atoms with E-state index in [2.05, 4.69) is 14.9 Å². The summed E-state index contributed by atoms with van der Waals surface area (Å²) in [5.74, 6) is 1.16. The van der Waals surface area contributed by atoms with Crippen LogP contribution in [0.15, 0.2) is 6.20 Å². The van der Waals surface area contributed by atoms with Crippen LogP contribution in [0.25, 0.3) is 0 Å². The van der Waals surface area contributed by atoms with Gasteiger partial charge in [-0.15, -0.1) is 0 Å². The molecule has 6 heteroatoms. The summed E-state index contributed by atoms with van der Waals surface area (Å²) in [6.45, 7) is 5.28. The Morgan fingerprint density at radius 3 is 3.00 bits per heavy atom. The fourth-order valence-corrected chi connectivity index (χ4v) is 3.40. The van der Waals surface area contributed by atoms with Crippen molar-refractivity contribution in [1.82, 2.24) is 19.8 Å². The minimum atomic E-state index is -0.376. The molecule has 22 heavy (non-hydrogen) atoms. The highest BCUT2D eigenvalue weighted by Gasteiger charge is 2.29. The van der Waals surface area contributed by atoms with E-state index in [0.717, 1.165) is 43.7 Å². The van der Waals surface area contributed by atoms with Gasteiger partial charge in [0.05, 0.1) is 5.69 Å². The normalized spacial score (nSPS) is 23.1. The van der Waals surface area contributed by atoms with Gasteiger partial charge in [0.15, 0.2) is 0 Å². The Morgan fingerprint density at radius 1 is 1.41 bits per heavy atom. The molecule has 0 unspecified atom stereocenters. The molecule has 3 heterocycles. The van der Waals surface area contributed by atoms with Crippen molar-refractivity contribution in [2.45, 2.75) is 64.6 Å². The summed E-state index contributed by atoms with van der Waals surface area (Å²) in [6.07, 6.45) is 6.32. The summed E-state index contributed by atoms with van der Waals surface area (Å²) >= 11 is 0. The lowest BCUT2D eigenvalue weighted by Crippen LogP contribution is -2.52. The highest BCUT2D eigenvalue weighted by atomic mass is 16.2. The number of carbonyl (C=O) groups is 2. The van der Waals surface area contributed by atoms with Crippen LogP contribution in [0.1, 0.15) is 44.1 Å². The average molecular weight is 304 g/mol. The van der Waals surface area contributed by atoms with Crippen LogP contribution in [0, 0.1) is 6.92 Å². The Kier molecular flexibility index (Phi) is 4.18. The summed E-state index contributed by atoms with van der Waals surface area (Å²) in [4.78, 5) is 30.6. The number of hydrogen-bond acceptors (Lipinski definition) is 3. The van der Waals surface area contributed by atoms with Gasteiger partial charge in [-0.05, 0) is 33.1 Å². The molecule has 1 N–H and O–H groups in total. The molecular weight excluding hydrogens is 280 g/mol. The van der Waals surface area contributed by atoms with Crippen molar-refractivity contribution in [1.29, 1.82) is 0 Å². The molecule has 1 fully saturated rings. The van der Waals surface area contributed by atoms with E-state index in [1.165, 1.54) is 0 Å². The number of fused-ring (bicyclic) bond motifs is 1. The maximum Gasteiger partial charge on any atom is 0.242 e. The first kappa shape index (κ1) is 15.1. The number of hydrogen-bond donors (Lipinski definition) is 1. The highest BCUT2D eigenvalue weighted by molar-refractivity contribution is 5.87. The van der Waals surface area contributed by atoms with Crippen LogP contribution in [0.2, 0.25) is 0 Å². The zero-order chi connectivity index (χ0) is 15.7. The number of likely N-dealkylation sites (tertiary alicyclic amines) is 1. The molecule has 0 radical (unpaired) electrons. The van der Waals surface area contributed by atoms with Crippen molar-refractivity contribution < 1.29 is 9.59 Å². The second kappa shape index (κ2) is 6.10. The number of rotatable bonds is 3. The second-order valence-corrected chi connectivity index (χ2v) is 6.42. The van der Waals surface area contributed by atoms with E-state index < -0.39 is 0 Å². The lowest BCUT2D eigenvalue weighted by Gasteiger charge is -2.33. The number of carbonyl (C=O) groups excluding carboxylic acids is 2. The number of aryl methyl sites for hydroxylation is 2. The molecule has 0 saturated carbocycles. The standard InChI is InChI=1S/C16H24N4O2/c1-11-9-19-10-13(6-7-14(19)17-11)18-16(22)12(2)20-8-4-3-5-15(20)21/h9,12-13H,3-8,10H2,1-2H3,(H,18,22)/t12-,13+/m1/s1. The van der Waals surface area contributed by atoms with E-state index in [1.54, 1.807) is 4.90 Å². The Bertz CT molecular complexity index is 581. The molecule has 1 aromatic rings. The average Bonchev–Trinajstić information content (AvgIpc) is 2.86. The van der Waals surface area contributed by atoms with Crippen molar-refractivity contribution in [2.24, 2.45) is 0 Å². The Hall–Kier alpha value is -1.85. The van der Waals surface area contributed by atoms with Crippen molar-refractivity contribution in [3.8, 4) is 0 Å². The van der Waals surface area contributed by atoms with Gasteiger partial charge in [-0.3, -0.25) is 9.59 Å². The van der Waals surface area contributed by atoms with Gasteiger partial charge in [0, 0.05) is 38.2 Å². The smallest absolute Gasteiger partial charge is 0.242 e. The summed E-state index contributed by atoms with van der Waals surface area (Å²) in [5.41, 5.74) is 1.02. The topological polar surface area (TPSA) is 67.2 Å². The minimum Gasteiger partial charge on any atom is -0.350 e. The molecule has 0 spiro atoms. The van der Waals surface area contributed by atoms with Gasteiger partial charge in [-0.2, -0.15) is 0 Å². The summed E-state index contributed by atoms with van der Waals surface area (Å²) in [5, 5.41) is 3.11. The summed E-state index contributed by atoms with van der Waals surface area (Å²) < 4.78 is 2.13. The Labute approximate surface area is 130 Å². The highest BCUT2D eigenvalue weighted by Crippen LogP contribution is 2.17. The monoisotopic (exact) mass is 304 g/mol. The third-order valence-corrected chi connectivity index (χ3v) is 4.67. The van der Waals surface area contributed by atoms with Crippen molar-refractivity contribution in [3.63, 3.8) is 0 Å². The molecule has 2 amide bonds. The molecule has 2 aliphatic rings. The molecule has 120 valence electrons. The third-order valence-electron chi connectivity index (χ3n) is 4.67. The lowest BCUT2D eigenvalue weighted by atomic mass is 10.1. The number of amides is 2. The Balaban J connectivity index is 1.59. The lowest BCUT2D eigenvalue weighted by molar-refractivity contribution is -0.142. The number of piperidine rings is 1. The fraction of sp³-hybridized carbons (Fsp3) is 0.688. The first-order valence-corrected chi connectivity index (χ1v) is 8.17. The van der Waals surface area contributed by atoms with Crippen LogP contribution in [0.5, 0.6) is 0 Å². The van der Waals surface area contributed by atoms with E-state index in [1.807, 2.05) is 20.0 Å². The maximum atomic E-state index is 12.4. The molecule has 2 aliphatic heterocycles. The third kappa shape index (κ3) is 3.00. The first-order chi connectivity index (χ1) is 10.5. The van der Waals surface area contributed by atoms with E-state index >= 15 is 0 Å². The van der Waals surface area contributed by atoms with Gasteiger partial charge < -0.3 is 14.8 Å². The van der Waals surface area contributed by atoms with Crippen LogP contribution >= 0.6 is 0 Å². The van der Waals surface area contributed by atoms with Crippen molar-refractivity contribution in [3.05, 3.63) is 17.7 Å². The van der Waals surface area contributed by atoms with Gasteiger partial charge >= 0.3 is 0 Å². The Morgan fingerprint density at radius 2 is 2.23 bits per heavy atom. The molecule has 6 nitrogen and oxygen atoms in total. The molecule has 3 rings (SSSR count). The first-order valence-electron chi connectivity index (χ1n) is 8.17. The number of imidazole rings is 1. The fourth-order valence-electron chi connectivity index (χ4n) is 3.40. The van der Waals surface area contributed by atoms with Crippen LogP contribution in [-0.2, 0) is 22.6 Å². The van der Waals surface area contributed by atoms with Gasteiger partial charge in [0.2, 0.25) is 11.8 Å². The number of nitrogens with one attached hydrogen (secondary N) is 1. The van der Waals surface area contributed by atoms with E-state index in [4.69, 9.17) is 0 Å². The zero-order valence-corrected chi connectivity index (χ0v) is 13.3. The molecule has 0 aliphatic carbocycles. The van der Waals surface area contributed by atoms with Gasteiger partial charge in [-0.1, -0.05) is 0 Å². The largest absolute Gasteiger partial charge is 0.350 e. The van der Waals surface area contributed by atoms with E-state index in [9.17, 15) is 9.59 Å². The minimum absolute atomic E-state index is 0.0412. The van der Waals surface area contributed by atoms with Crippen LogP contribution in [-0.4, -0.2) is 44.9 Å². The molecule has 2 atom stereocenters. The van der Waals surface area contributed by atoms with E-state index in [-0.39, 0.29) is 23.9 Å².